The molecule has 2 fully saturated rings. The van der Waals surface area contributed by atoms with E-state index in [0.717, 1.165) is 19.4 Å². The van der Waals surface area contributed by atoms with E-state index in [9.17, 15) is 8.42 Å². The van der Waals surface area contributed by atoms with Crippen LogP contribution in [0.25, 0.3) is 0 Å². The molecule has 0 radical (unpaired) electrons. The van der Waals surface area contributed by atoms with Gasteiger partial charge in [-0.2, -0.15) is 0 Å². The van der Waals surface area contributed by atoms with E-state index in [0.29, 0.717) is 31.3 Å². The number of nitrogens with zero attached hydrogens (tertiary/aromatic N) is 3. The number of aromatic nitrogens is 2. The van der Waals surface area contributed by atoms with Gasteiger partial charge in [-0.15, -0.1) is 0 Å². The zero-order valence-corrected chi connectivity index (χ0v) is 14.5. The molecule has 1 aliphatic carbocycles. The van der Waals surface area contributed by atoms with Crippen molar-refractivity contribution in [1.29, 1.82) is 0 Å². The molecule has 2 aliphatic rings. The van der Waals surface area contributed by atoms with E-state index in [-0.39, 0.29) is 5.75 Å². The summed E-state index contributed by atoms with van der Waals surface area (Å²) < 4.78 is 28.6. The molecule has 1 unspecified atom stereocenters. The topological polar surface area (TPSA) is 55.2 Å². The van der Waals surface area contributed by atoms with E-state index in [2.05, 4.69) is 16.5 Å². The van der Waals surface area contributed by atoms with Crippen LogP contribution in [0.2, 0.25) is 0 Å². The van der Waals surface area contributed by atoms with E-state index in [1.54, 1.807) is 4.31 Å². The molecule has 5 nitrogen and oxygen atoms in total. The van der Waals surface area contributed by atoms with Crippen LogP contribution in [-0.2, 0) is 16.6 Å². The SMILES string of the molecule is CCCS(=O)(=O)N1CCCC(Cn2c(C)cnc2C2CC2)C1. The fourth-order valence-corrected chi connectivity index (χ4v) is 5.08. The van der Waals surface area contributed by atoms with Gasteiger partial charge in [-0.3, -0.25) is 0 Å². The maximum Gasteiger partial charge on any atom is 0.214 e. The first-order valence-electron chi connectivity index (χ1n) is 8.51. The van der Waals surface area contributed by atoms with Gasteiger partial charge >= 0.3 is 0 Å². The molecule has 0 aromatic carbocycles. The van der Waals surface area contributed by atoms with E-state index in [1.165, 1.54) is 24.4 Å². The van der Waals surface area contributed by atoms with Gasteiger partial charge < -0.3 is 4.57 Å². The Morgan fingerprint density at radius 3 is 2.77 bits per heavy atom. The molecular formula is C16H27N3O2S. The van der Waals surface area contributed by atoms with Gasteiger partial charge in [0.05, 0.1) is 5.75 Å². The van der Waals surface area contributed by atoms with Crippen LogP contribution < -0.4 is 0 Å². The summed E-state index contributed by atoms with van der Waals surface area (Å²) in [4.78, 5) is 4.57. The molecule has 0 amide bonds. The van der Waals surface area contributed by atoms with Crippen molar-refractivity contribution in [3.8, 4) is 0 Å². The fourth-order valence-electron chi connectivity index (χ4n) is 3.46. The van der Waals surface area contributed by atoms with Crippen molar-refractivity contribution < 1.29 is 8.42 Å². The van der Waals surface area contributed by atoms with Gasteiger partial charge in [0.25, 0.3) is 0 Å². The van der Waals surface area contributed by atoms with Crippen LogP contribution in [0.4, 0.5) is 0 Å². The Morgan fingerprint density at radius 1 is 1.32 bits per heavy atom. The van der Waals surface area contributed by atoms with Crippen molar-refractivity contribution in [2.24, 2.45) is 5.92 Å². The lowest BCUT2D eigenvalue weighted by atomic mass is 9.99. The Morgan fingerprint density at radius 2 is 2.09 bits per heavy atom. The minimum absolute atomic E-state index is 0.275. The van der Waals surface area contributed by atoms with Crippen molar-refractivity contribution in [3.05, 3.63) is 17.7 Å². The molecule has 0 spiro atoms. The highest BCUT2D eigenvalue weighted by Crippen LogP contribution is 2.40. The van der Waals surface area contributed by atoms with Crippen LogP contribution in [0.3, 0.4) is 0 Å². The van der Waals surface area contributed by atoms with Gasteiger partial charge in [-0.25, -0.2) is 17.7 Å². The number of imidazole rings is 1. The second-order valence-corrected chi connectivity index (χ2v) is 8.91. The quantitative estimate of drug-likeness (QED) is 0.807. The molecule has 124 valence electrons. The van der Waals surface area contributed by atoms with Gasteiger partial charge in [0.2, 0.25) is 10.0 Å². The molecule has 2 heterocycles. The highest BCUT2D eigenvalue weighted by Gasteiger charge is 2.32. The van der Waals surface area contributed by atoms with E-state index >= 15 is 0 Å². The van der Waals surface area contributed by atoms with Gasteiger partial charge in [-0.1, -0.05) is 6.92 Å². The summed E-state index contributed by atoms with van der Waals surface area (Å²) in [7, 11) is -3.06. The van der Waals surface area contributed by atoms with Crippen LogP contribution in [0.15, 0.2) is 6.20 Å². The number of sulfonamides is 1. The highest BCUT2D eigenvalue weighted by molar-refractivity contribution is 7.89. The van der Waals surface area contributed by atoms with Crippen molar-refractivity contribution in [3.63, 3.8) is 0 Å². The average molecular weight is 325 g/mol. The Kier molecular flexibility index (Phi) is 4.59. The molecule has 1 saturated heterocycles. The standard InChI is InChI=1S/C16H27N3O2S/c1-3-9-22(20,21)18-8-4-5-14(11-18)12-19-13(2)10-17-16(19)15-6-7-15/h10,14-15H,3-9,11-12H2,1-2H3. The summed E-state index contributed by atoms with van der Waals surface area (Å²) in [5, 5.41) is 0. The molecule has 1 atom stereocenters. The third-order valence-electron chi connectivity index (χ3n) is 4.81. The zero-order valence-electron chi connectivity index (χ0n) is 13.7. The van der Waals surface area contributed by atoms with Crippen LogP contribution in [-0.4, -0.2) is 41.1 Å². The summed E-state index contributed by atoms with van der Waals surface area (Å²) in [6.07, 6.45) is 7.23. The van der Waals surface area contributed by atoms with Gasteiger partial charge in [0, 0.05) is 37.4 Å². The summed E-state index contributed by atoms with van der Waals surface area (Å²) in [5.74, 6) is 2.53. The Hall–Kier alpha value is -0.880. The lowest BCUT2D eigenvalue weighted by molar-refractivity contribution is 0.243. The van der Waals surface area contributed by atoms with Gasteiger partial charge in [0.1, 0.15) is 5.82 Å². The predicted molar refractivity (Wildman–Crippen MR) is 87.3 cm³/mol. The first-order chi connectivity index (χ1) is 10.5. The Balaban J connectivity index is 1.69. The maximum atomic E-state index is 12.3. The molecule has 0 N–H and O–H groups in total. The van der Waals surface area contributed by atoms with Crippen LogP contribution in [0.5, 0.6) is 0 Å². The average Bonchev–Trinajstić information content (AvgIpc) is 3.26. The summed E-state index contributed by atoms with van der Waals surface area (Å²) >= 11 is 0. The van der Waals surface area contributed by atoms with Crippen LogP contribution >= 0.6 is 0 Å². The monoisotopic (exact) mass is 325 g/mol. The highest BCUT2D eigenvalue weighted by atomic mass is 32.2. The summed E-state index contributed by atoms with van der Waals surface area (Å²) in [5.41, 5.74) is 1.20. The van der Waals surface area contributed by atoms with Crippen LogP contribution in [0.1, 0.15) is 56.5 Å². The number of piperidine rings is 1. The maximum absolute atomic E-state index is 12.3. The summed E-state index contributed by atoms with van der Waals surface area (Å²) in [6, 6.07) is 0. The zero-order chi connectivity index (χ0) is 15.7. The minimum Gasteiger partial charge on any atom is -0.332 e. The Labute approximate surface area is 133 Å². The predicted octanol–water partition coefficient (Wildman–Crippen LogP) is 2.52. The first-order valence-corrected chi connectivity index (χ1v) is 10.1. The number of rotatable bonds is 6. The molecule has 1 saturated carbocycles. The number of hydrogen-bond donors (Lipinski definition) is 0. The number of aryl methyl sites for hydroxylation is 1. The molecule has 0 bridgehead atoms. The fraction of sp³-hybridized carbons (Fsp3) is 0.812. The first kappa shape index (κ1) is 16.0. The molecule has 1 aromatic rings. The molecule has 22 heavy (non-hydrogen) atoms. The van der Waals surface area contributed by atoms with Crippen molar-refractivity contribution >= 4 is 10.0 Å². The van der Waals surface area contributed by atoms with E-state index in [1.807, 2.05) is 13.1 Å². The van der Waals surface area contributed by atoms with E-state index in [4.69, 9.17) is 0 Å². The third-order valence-corrected chi connectivity index (χ3v) is 6.85. The van der Waals surface area contributed by atoms with Gasteiger partial charge in [-0.05, 0) is 44.9 Å². The normalized spacial score (nSPS) is 23.8. The van der Waals surface area contributed by atoms with Gasteiger partial charge in [0.15, 0.2) is 0 Å². The molecule has 3 rings (SSSR count). The lowest BCUT2D eigenvalue weighted by Crippen LogP contribution is -2.42. The second kappa shape index (κ2) is 6.32. The van der Waals surface area contributed by atoms with Crippen molar-refractivity contribution in [1.82, 2.24) is 13.9 Å². The smallest absolute Gasteiger partial charge is 0.214 e. The van der Waals surface area contributed by atoms with Crippen LogP contribution in [0, 0.1) is 12.8 Å². The molecule has 1 aliphatic heterocycles. The lowest BCUT2D eigenvalue weighted by Gasteiger charge is -2.32. The molecule has 1 aromatic heterocycles. The van der Waals surface area contributed by atoms with Crippen molar-refractivity contribution in [2.45, 2.75) is 58.4 Å². The van der Waals surface area contributed by atoms with Crippen molar-refractivity contribution in [2.75, 3.05) is 18.8 Å². The second-order valence-electron chi connectivity index (χ2n) is 6.82. The number of hydrogen-bond acceptors (Lipinski definition) is 3. The van der Waals surface area contributed by atoms with E-state index < -0.39 is 10.0 Å². The Bertz CT molecular complexity index is 619. The summed E-state index contributed by atoms with van der Waals surface area (Å²) in [6.45, 7) is 6.31. The molecular weight excluding hydrogens is 298 g/mol. The largest absolute Gasteiger partial charge is 0.332 e. The molecule has 6 heteroatoms. The third kappa shape index (κ3) is 3.38. The minimum atomic E-state index is -3.06.